The maximum atomic E-state index is 13.6. The lowest BCUT2D eigenvalue weighted by molar-refractivity contribution is 0.324. The van der Waals surface area contributed by atoms with Crippen LogP contribution in [0.1, 0.15) is 44.7 Å². The maximum Gasteiger partial charge on any atom is 0.196 e. The molecule has 9 heteroatoms. The highest BCUT2D eigenvalue weighted by molar-refractivity contribution is 7.97. The molecule has 2 heterocycles. The molecule has 2 aliphatic heterocycles. The van der Waals surface area contributed by atoms with Gasteiger partial charge in [-0.1, -0.05) is 32.9 Å². The fourth-order valence-electron chi connectivity index (χ4n) is 4.38. The average Bonchev–Trinajstić information content (AvgIpc) is 2.99. The molecule has 0 saturated carbocycles. The molecule has 0 radical (unpaired) electrons. The Morgan fingerprint density at radius 1 is 1.27 bits per heavy atom. The number of hydrogen-bond donors (Lipinski definition) is 3. The molecule has 40 heavy (non-hydrogen) atoms. The second-order valence-electron chi connectivity index (χ2n) is 8.97. The summed E-state index contributed by atoms with van der Waals surface area (Å²) >= 11 is 1.82. The Bertz CT molecular complexity index is 1220. The van der Waals surface area contributed by atoms with Crippen LogP contribution in [-0.4, -0.2) is 49.8 Å². The molecule has 0 amide bonds. The Balaban J connectivity index is 0.00000216. The predicted molar refractivity (Wildman–Crippen MR) is 166 cm³/mol. The van der Waals surface area contributed by atoms with E-state index in [1.54, 1.807) is 25.4 Å². The van der Waals surface area contributed by atoms with Crippen molar-refractivity contribution >= 4 is 30.3 Å². The van der Waals surface area contributed by atoms with Crippen LogP contribution in [0.2, 0.25) is 0 Å². The fourth-order valence-corrected chi connectivity index (χ4v) is 5.50. The number of aliphatic imine (C=N–C) groups is 2. The van der Waals surface area contributed by atoms with Gasteiger partial charge in [-0.25, -0.2) is 13.7 Å². The van der Waals surface area contributed by atoms with Crippen LogP contribution in [0.4, 0.5) is 4.39 Å². The number of methoxy groups -OCH3 is 1. The molecule has 7 nitrogen and oxygen atoms in total. The third-order valence-corrected chi connectivity index (χ3v) is 7.33. The second kappa shape index (κ2) is 16.5. The Hall–Kier alpha value is -3.56. The van der Waals surface area contributed by atoms with E-state index in [1.807, 2.05) is 31.9 Å². The number of halogens is 1. The third kappa shape index (κ3) is 8.99. The first-order chi connectivity index (χ1) is 19.6. The topological polar surface area (TPSA) is 73.3 Å². The van der Waals surface area contributed by atoms with Crippen LogP contribution < -0.4 is 16.0 Å². The van der Waals surface area contributed by atoms with Gasteiger partial charge in [0, 0.05) is 35.8 Å². The number of benzene rings is 2. The monoisotopic (exact) mass is 564 g/mol. The van der Waals surface area contributed by atoms with Gasteiger partial charge in [-0.05, 0) is 86.0 Å². The molecule has 2 aromatic carbocycles. The van der Waals surface area contributed by atoms with Gasteiger partial charge in [-0.3, -0.25) is 4.99 Å². The van der Waals surface area contributed by atoms with E-state index in [4.69, 9.17) is 4.74 Å². The van der Waals surface area contributed by atoms with Gasteiger partial charge in [0.25, 0.3) is 0 Å². The zero-order valence-corrected chi connectivity index (χ0v) is 24.7. The molecule has 0 spiro atoms. The van der Waals surface area contributed by atoms with Crippen LogP contribution in [-0.2, 0) is 11.2 Å². The van der Waals surface area contributed by atoms with Gasteiger partial charge in [0.1, 0.15) is 5.82 Å². The van der Waals surface area contributed by atoms with Crippen LogP contribution in [0, 0.1) is 5.82 Å². The summed E-state index contributed by atoms with van der Waals surface area (Å²) in [4.78, 5) is 10.2. The number of piperidine rings is 1. The number of aryl methyl sites for hydroxylation is 1. The highest BCUT2D eigenvalue weighted by Gasteiger charge is 2.23. The van der Waals surface area contributed by atoms with E-state index in [1.165, 1.54) is 28.9 Å². The van der Waals surface area contributed by atoms with E-state index in [2.05, 4.69) is 68.1 Å². The highest BCUT2D eigenvalue weighted by Crippen LogP contribution is 2.28. The molecule has 214 valence electrons. The Labute approximate surface area is 242 Å². The molecule has 1 saturated heterocycles. The summed E-state index contributed by atoms with van der Waals surface area (Å²) in [5.74, 6) is 0.405. The second-order valence-corrected chi connectivity index (χ2v) is 10.1. The summed E-state index contributed by atoms with van der Waals surface area (Å²) < 4.78 is 21.0. The van der Waals surface area contributed by atoms with Crippen molar-refractivity contribution in [2.75, 3.05) is 26.7 Å². The molecule has 3 N–H and O–H groups in total. The molecular formula is C31H41FN6OS. The van der Waals surface area contributed by atoms with Gasteiger partial charge >= 0.3 is 0 Å². The van der Waals surface area contributed by atoms with Gasteiger partial charge in [0.15, 0.2) is 5.96 Å². The molecule has 0 aromatic heterocycles. The van der Waals surface area contributed by atoms with Gasteiger partial charge in [0.05, 0.1) is 37.0 Å². The van der Waals surface area contributed by atoms with Crippen molar-refractivity contribution in [3.8, 4) is 0 Å². The molecule has 2 aliphatic rings. The van der Waals surface area contributed by atoms with E-state index in [0.717, 1.165) is 43.6 Å². The van der Waals surface area contributed by atoms with Crippen LogP contribution >= 0.6 is 11.9 Å². The van der Waals surface area contributed by atoms with Crippen molar-refractivity contribution in [2.24, 2.45) is 9.98 Å². The predicted octanol–water partition coefficient (Wildman–Crippen LogP) is 6.10. The molecule has 2 aromatic rings. The first-order valence-electron chi connectivity index (χ1n) is 13.8. The summed E-state index contributed by atoms with van der Waals surface area (Å²) in [6.07, 6.45) is 8.40. The van der Waals surface area contributed by atoms with E-state index < -0.39 is 0 Å². The van der Waals surface area contributed by atoms with Gasteiger partial charge < -0.3 is 20.7 Å². The van der Waals surface area contributed by atoms with E-state index in [0.29, 0.717) is 23.9 Å². The first kappa shape index (κ1) is 31.0. The van der Waals surface area contributed by atoms with Crippen LogP contribution in [0.5, 0.6) is 0 Å². The standard InChI is InChI=1S/C29H35FN6OS.C2H6/c1-4-21-7-5-9-25(19-21)38-36-17-6-8-24(20-36)34-29-33-15-14-26(35-29)28(32-16-18-37-3)27(31-2)22-10-12-23(30)13-11-22;1-2/h5,7,9-14,16,18-19,24,32H,2,4,6,8,15,17,20H2,1,3H3,(H2,33,34,35);1-2H3/b18-16-,28-27-;. The number of hydrogen-bond acceptors (Lipinski definition) is 8. The number of nitrogens with zero attached hydrogens (tertiary/aromatic N) is 3. The quantitative estimate of drug-likeness (QED) is 0.184. The number of nitrogens with one attached hydrogen (secondary N) is 3. The average molecular weight is 565 g/mol. The molecule has 1 unspecified atom stereocenters. The Kier molecular flexibility index (Phi) is 12.8. The van der Waals surface area contributed by atoms with Gasteiger partial charge in [-0.15, -0.1) is 0 Å². The summed E-state index contributed by atoms with van der Waals surface area (Å²) in [6, 6.07) is 15.2. The lowest BCUT2D eigenvalue weighted by Crippen LogP contribution is -2.50. The van der Waals surface area contributed by atoms with Gasteiger partial charge in [-0.2, -0.15) is 0 Å². The first-order valence-corrected chi connectivity index (χ1v) is 14.6. The summed E-state index contributed by atoms with van der Waals surface area (Å²) in [7, 11) is 1.58. The summed E-state index contributed by atoms with van der Waals surface area (Å²) in [5, 5.41) is 10.3. The van der Waals surface area contributed by atoms with E-state index >= 15 is 0 Å². The Morgan fingerprint density at radius 2 is 2.08 bits per heavy atom. The molecular weight excluding hydrogens is 523 g/mol. The van der Waals surface area contributed by atoms with E-state index in [9.17, 15) is 4.39 Å². The largest absolute Gasteiger partial charge is 0.503 e. The lowest BCUT2D eigenvalue weighted by atomic mass is 10.1. The molecule has 1 atom stereocenters. The number of ether oxygens (including phenoxy) is 1. The van der Waals surface area contributed by atoms with Crippen LogP contribution in [0.3, 0.4) is 0 Å². The minimum Gasteiger partial charge on any atom is -0.503 e. The minimum absolute atomic E-state index is 0.263. The van der Waals surface area contributed by atoms with Crippen molar-refractivity contribution in [3.05, 3.63) is 95.4 Å². The Morgan fingerprint density at radius 3 is 2.80 bits per heavy atom. The SMILES string of the molecule is C=N/C(=C(\N/C=C\OC)C1=CCN=C(NC2CCCN(Sc3cccc(CC)c3)C2)N1)c1ccc(F)cc1.CC. The molecule has 0 bridgehead atoms. The van der Waals surface area contributed by atoms with Crippen LogP contribution in [0.25, 0.3) is 5.70 Å². The van der Waals surface area contributed by atoms with Crippen molar-refractivity contribution in [2.45, 2.75) is 51.0 Å². The van der Waals surface area contributed by atoms with Crippen LogP contribution in [0.15, 0.2) is 93.3 Å². The molecule has 1 fully saturated rings. The van der Waals surface area contributed by atoms with Crippen molar-refractivity contribution < 1.29 is 9.13 Å². The number of guanidine groups is 1. The molecule has 0 aliphatic carbocycles. The maximum absolute atomic E-state index is 13.6. The van der Waals surface area contributed by atoms with Crippen molar-refractivity contribution in [1.29, 1.82) is 0 Å². The zero-order chi connectivity index (χ0) is 28.7. The smallest absolute Gasteiger partial charge is 0.196 e. The fraction of sp³-hybridized carbons (Fsp3) is 0.355. The zero-order valence-electron chi connectivity index (χ0n) is 23.9. The van der Waals surface area contributed by atoms with E-state index in [-0.39, 0.29) is 11.9 Å². The van der Waals surface area contributed by atoms with Gasteiger partial charge in [0.2, 0.25) is 0 Å². The van der Waals surface area contributed by atoms with Crippen molar-refractivity contribution in [1.82, 2.24) is 20.3 Å². The lowest BCUT2D eigenvalue weighted by Gasteiger charge is -2.33. The normalized spacial score (nSPS) is 17.9. The highest BCUT2D eigenvalue weighted by atomic mass is 32.2. The summed E-state index contributed by atoms with van der Waals surface area (Å²) in [5.41, 5.74) is 4.16. The van der Waals surface area contributed by atoms with Crippen molar-refractivity contribution in [3.63, 3.8) is 0 Å². The number of rotatable bonds is 10. The minimum atomic E-state index is -0.308. The molecule has 4 rings (SSSR count). The third-order valence-electron chi connectivity index (χ3n) is 6.28. The summed E-state index contributed by atoms with van der Waals surface area (Å²) in [6.45, 7) is 12.4.